The Morgan fingerprint density at radius 1 is 1.12 bits per heavy atom. The molecular formula is C23H35NO2. The average Bonchev–Trinajstić information content (AvgIpc) is 2.72. The average molecular weight is 358 g/mol. The first-order valence-corrected chi connectivity index (χ1v) is 10.6. The van der Waals surface area contributed by atoms with Crippen molar-refractivity contribution < 1.29 is 9.53 Å². The molecule has 1 heterocycles. The third kappa shape index (κ3) is 4.88. The van der Waals surface area contributed by atoms with Gasteiger partial charge < -0.3 is 10.1 Å². The number of nitrogens with one attached hydrogen (secondary N) is 1. The fourth-order valence-corrected chi connectivity index (χ4v) is 4.73. The summed E-state index contributed by atoms with van der Waals surface area (Å²) in [5.41, 5.74) is 1.37. The maximum Gasteiger partial charge on any atom is 0.223 e. The number of unbranched alkanes of at least 4 members (excludes halogenated alkanes) is 1. The Balaban J connectivity index is 1.54. The number of hydrogen-bond acceptors (Lipinski definition) is 2. The van der Waals surface area contributed by atoms with E-state index in [1.54, 1.807) is 0 Å². The van der Waals surface area contributed by atoms with Crippen molar-refractivity contribution in [2.45, 2.75) is 70.1 Å². The van der Waals surface area contributed by atoms with Crippen molar-refractivity contribution in [2.75, 3.05) is 19.8 Å². The van der Waals surface area contributed by atoms with Gasteiger partial charge in [0.2, 0.25) is 5.91 Å². The summed E-state index contributed by atoms with van der Waals surface area (Å²) in [6.45, 7) is 4.58. The molecule has 3 rings (SSSR count). The van der Waals surface area contributed by atoms with E-state index in [1.165, 1.54) is 37.7 Å². The fraction of sp³-hybridized carbons (Fsp3) is 0.696. The molecule has 2 aliphatic rings. The Kier molecular flexibility index (Phi) is 7.13. The first kappa shape index (κ1) is 19.4. The molecule has 26 heavy (non-hydrogen) atoms. The second-order valence-corrected chi connectivity index (χ2v) is 8.34. The van der Waals surface area contributed by atoms with Crippen LogP contribution in [0.1, 0.15) is 70.3 Å². The van der Waals surface area contributed by atoms with Crippen molar-refractivity contribution in [3.05, 3.63) is 35.9 Å². The number of carbonyl (C=O) groups excluding carboxylic acids is 1. The molecule has 1 aliphatic heterocycles. The Morgan fingerprint density at radius 2 is 1.81 bits per heavy atom. The number of rotatable bonds is 7. The summed E-state index contributed by atoms with van der Waals surface area (Å²) in [4.78, 5) is 12.8. The Bertz CT molecular complexity index is 543. The minimum absolute atomic E-state index is 0.0352. The molecule has 1 aliphatic carbocycles. The van der Waals surface area contributed by atoms with Gasteiger partial charge in [0.15, 0.2) is 0 Å². The molecule has 0 bridgehead atoms. The van der Waals surface area contributed by atoms with Gasteiger partial charge in [0.25, 0.3) is 0 Å². The highest BCUT2D eigenvalue weighted by Crippen LogP contribution is 2.35. The van der Waals surface area contributed by atoms with Gasteiger partial charge in [-0.05, 0) is 50.0 Å². The molecular weight excluding hydrogens is 322 g/mol. The van der Waals surface area contributed by atoms with E-state index in [0.29, 0.717) is 0 Å². The van der Waals surface area contributed by atoms with Gasteiger partial charge in [-0.25, -0.2) is 0 Å². The maximum absolute atomic E-state index is 12.8. The second kappa shape index (κ2) is 9.55. The lowest BCUT2D eigenvalue weighted by Crippen LogP contribution is -2.46. The first-order valence-electron chi connectivity index (χ1n) is 10.6. The smallest absolute Gasteiger partial charge is 0.223 e. The van der Waals surface area contributed by atoms with Crippen molar-refractivity contribution in [1.29, 1.82) is 0 Å². The molecule has 1 aromatic carbocycles. The van der Waals surface area contributed by atoms with Crippen LogP contribution in [0.15, 0.2) is 30.3 Å². The highest BCUT2D eigenvalue weighted by molar-refractivity contribution is 5.78. The third-order valence-electron chi connectivity index (χ3n) is 6.62. The highest BCUT2D eigenvalue weighted by atomic mass is 16.5. The van der Waals surface area contributed by atoms with Crippen molar-refractivity contribution in [2.24, 2.45) is 11.8 Å². The molecule has 0 spiro atoms. The Morgan fingerprint density at radius 3 is 2.46 bits per heavy atom. The summed E-state index contributed by atoms with van der Waals surface area (Å²) in [6.07, 6.45) is 10.5. The third-order valence-corrected chi connectivity index (χ3v) is 6.62. The summed E-state index contributed by atoms with van der Waals surface area (Å²) in [7, 11) is 0. The minimum atomic E-state index is 0.0352. The van der Waals surface area contributed by atoms with Crippen LogP contribution in [0.2, 0.25) is 0 Å². The quantitative estimate of drug-likeness (QED) is 0.758. The molecule has 3 nitrogen and oxygen atoms in total. The van der Waals surface area contributed by atoms with Crippen LogP contribution in [0.4, 0.5) is 0 Å². The lowest BCUT2D eigenvalue weighted by molar-refractivity contribution is -0.126. The topological polar surface area (TPSA) is 38.3 Å². The van der Waals surface area contributed by atoms with Crippen LogP contribution in [0, 0.1) is 11.8 Å². The van der Waals surface area contributed by atoms with Crippen LogP contribution >= 0.6 is 0 Å². The van der Waals surface area contributed by atoms with Gasteiger partial charge >= 0.3 is 0 Å². The van der Waals surface area contributed by atoms with E-state index < -0.39 is 0 Å². The summed E-state index contributed by atoms with van der Waals surface area (Å²) in [5.74, 6) is 1.35. The fourth-order valence-electron chi connectivity index (χ4n) is 4.73. The lowest BCUT2D eigenvalue weighted by atomic mass is 9.74. The van der Waals surface area contributed by atoms with Gasteiger partial charge in [0, 0.05) is 31.1 Å². The predicted octanol–water partition coefficient (Wildman–Crippen LogP) is 4.85. The lowest BCUT2D eigenvalue weighted by Gasteiger charge is -2.38. The van der Waals surface area contributed by atoms with Crippen molar-refractivity contribution in [3.63, 3.8) is 0 Å². The Hall–Kier alpha value is -1.35. The summed E-state index contributed by atoms with van der Waals surface area (Å²) >= 11 is 0. The van der Waals surface area contributed by atoms with E-state index in [-0.39, 0.29) is 17.2 Å². The number of hydrogen-bond donors (Lipinski definition) is 1. The number of benzene rings is 1. The molecule has 0 unspecified atom stereocenters. The van der Waals surface area contributed by atoms with E-state index in [4.69, 9.17) is 4.74 Å². The largest absolute Gasteiger partial charge is 0.381 e. The number of carbonyl (C=O) groups is 1. The van der Waals surface area contributed by atoms with Gasteiger partial charge in [-0.3, -0.25) is 4.79 Å². The van der Waals surface area contributed by atoms with Crippen LogP contribution in [-0.2, 0) is 14.9 Å². The molecule has 1 amide bonds. The summed E-state index contributed by atoms with van der Waals surface area (Å²) in [6, 6.07) is 10.7. The first-order chi connectivity index (χ1) is 12.7. The molecule has 0 atom stereocenters. The summed E-state index contributed by atoms with van der Waals surface area (Å²) in [5, 5.41) is 3.32. The van der Waals surface area contributed by atoms with Crippen molar-refractivity contribution >= 4 is 5.91 Å². The molecule has 1 N–H and O–H groups in total. The molecule has 0 radical (unpaired) electrons. The van der Waals surface area contributed by atoms with Crippen LogP contribution in [0.5, 0.6) is 0 Å². The van der Waals surface area contributed by atoms with Crippen LogP contribution in [0.25, 0.3) is 0 Å². The summed E-state index contributed by atoms with van der Waals surface area (Å²) < 4.78 is 5.60. The van der Waals surface area contributed by atoms with Crippen LogP contribution in [0.3, 0.4) is 0 Å². The normalized spacial score (nSPS) is 25.6. The van der Waals surface area contributed by atoms with Crippen LogP contribution in [-0.4, -0.2) is 25.7 Å². The Labute approximate surface area is 158 Å². The molecule has 2 fully saturated rings. The van der Waals surface area contributed by atoms with E-state index in [0.717, 1.165) is 51.4 Å². The molecule has 0 aromatic heterocycles. The number of ether oxygens (including phenoxy) is 1. The maximum atomic E-state index is 12.8. The van der Waals surface area contributed by atoms with E-state index in [1.807, 2.05) is 0 Å². The molecule has 1 saturated heterocycles. The van der Waals surface area contributed by atoms with E-state index in [2.05, 4.69) is 42.6 Å². The van der Waals surface area contributed by atoms with E-state index in [9.17, 15) is 4.79 Å². The monoisotopic (exact) mass is 357 g/mol. The zero-order valence-electron chi connectivity index (χ0n) is 16.3. The molecule has 1 aromatic rings. The van der Waals surface area contributed by atoms with Crippen molar-refractivity contribution in [3.8, 4) is 0 Å². The predicted molar refractivity (Wildman–Crippen MR) is 106 cm³/mol. The van der Waals surface area contributed by atoms with Gasteiger partial charge in [-0.15, -0.1) is 0 Å². The zero-order valence-corrected chi connectivity index (χ0v) is 16.3. The number of amides is 1. The zero-order chi connectivity index (χ0) is 18.2. The molecule has 144 valence electrons. The van der Waals surface area contributed by atoms with E-state index >= 15 is 0 Å². The van der Waals surface area contributed by atoms with Crippen LogP contribution < -0.4 is 5.32 Å². The SMILES string of the molecule is CCCCC1CCC(C(=O)NCC2(c3ccccc3)CCOCC2)CC1. The minimum Gasteiger partial charge on any atom is -0.381 e. The van der Waals surface area contributed by atoms with Crippen molar-refractivity contribution in [1.82, 2.24) is 5.32 Å². The highest BCUT2D eigenvalue weighted by Gasteiger charge is 2.35. The van der Waals surface area contributed by atoms with Gasteiger partial charge in [-0.2, -0.15) is 0 Å². The standard InChI is InChI=1S/C23H35NO2/c1-2-3-7-19-10-12-20(13-11-19)22(25)24-18-23(14-16-26-17-15-23)21-8-5-4-6-9-21/h4-6,8-9,19-20H,2-3,7,10-18H2,1H3,(H,24,25). The second-order valence-electron chi connectivity index (χ2n) is 8.34. The van der Waals surface area contributed by atoms with Gasteiger partial charge in [-0.1, -0.05) is 56.5 Å². The van der Waals surface area contributed by atoms with Gasteiger partial charge in [0.05, 0.1) is 0 Å². The van der Waals surface area contributed by atoms with Gasteiger partial charge in [0.1, 0.15) is 0 Å². The molecule has 3 heteroatoms. The molecule has 1 saturated carbocycles.